The Labute approximate surface area is 115 Å². The zero-order valence-corrected chi connectivity index (χ0v) is 12.5. The molecule has 1 saturated heterocycles. The second-order valence-corrected chi connectivity index (χ2v) is 7.57. The van der Waals surface area contributed by atoms with Gasteiger partial charge in [0, 0.05) is 39.3 Å². The van der Waals surface area contributed by atoms with E-state index < -0.39 is 10.0 Å². The number of likely N-dealkylation sites (N-methyl/N-ethyl adjacent to an activating group) is 1. The summed E-state index contributed by atoms with van der Waals surface area (Å²) in [5.74, 6) is 0.297. The van der Waals surface area contributed by atoms with Gasteiger partial charge in [0.15, 0.2) is 0 Å². The average Bonchev–Trinajstić information content (AvgIpc) is 3.22. The molecular weight excluding hydrogens is 266 g/mol. The standard InChI is InChI=1S/C12H23N3O3S/c1-3-19(17,18)15-8-6-14(7-9-15)10-12(16)13(2)11-4-5-11/h11H,3-10H2,1-2H3. The molecule has 0 atom stereocenters. The first-order chi connectivity index (χ1) is 8.94. The van der Waals surface area contributed by atoms with E-state index in [1.54, 1.807) is 6.92 Å². The van der Waals surface area contributed by atoms with Crippen molar-refractivity contribution in [2.24, 2.45) is 0 Å². The summed E-state index contributed by atoms with van der Waals surface area (Å²) in [4.78, 5) is 15.9. The molecule has 0 radical (unpaired) electrons. The van der Waals surface area contributed by atoms with Gasteiger partial charge in [-0.25, -0.2) is 8.42 Å². The predicted molar refractivity (Wildman–Crippen MR) is 73.3 cm³/mol. The maximum Gasteiger partial charge on any atom is 0.236 e. The van der Waals surface area contributed by atoms with Gasteiger partial charge in [0.25, 0.3) is 0 Å². The minimum Gasteiger partial charge on any atom is -0.342 e. The Morgan fingerprint density at radius 3 is 2.26 bits per heavy atom. The topological polar surface area (TPSA) is 60.9 Å². The van der Waals surface area contributed by atoms with E-state index in [-0.39, 0.29) is 11.7 Å². The highest BCUT2D eigenvalue weighted by Crippen LogP contribution is 2.25. The molecule has 1 aliphatic carbocycles. The van der Waals surface area contributed by atoms with Crippen LogP contribution in [0.5, 0.6) is 0 Å². The van der Waals surface area contributed by atoms with Crippen LogP contribution in [0.25, 0.3) is 0 Å². The summed E-state index contributed by atoms with van der Waals surface area (Å²) < 4.78 is 25.0. The monoisotopic (exact) mass is 289 g/mol. The van der Waals surface area contributed by atoms with Gasteiger partial charge < -0.3 is 4.90 Å². The molecule has 2 fully saturated rings. The first-order valence-electron chi connectivity index (χ1n) is 6.90. The Morgan fingerprint density at radius 2 is 1.79 bits per heavy atom. The van der Waals surface area contributed by atoms with Crippen LogP contribution < -0.4 is 0 Å². The summed E-state index contributed by atoms with van der Waals surface area (Å²) in [5.41, 5.74) is 0. The second-order valence-electron chi connectivity index (χ2n) is 5.31. The SMILES string of the molecule is CCS(=O)(=O)N1CCN(CC(=O)N(C)C2CC2)CC1. The Hall–Kier alpha value is -0.660. The Kier molecular flexibility index (Phi) is 4.47. The molecule has 2 rings (SSSR count). The molecular formula is C12H23N3O3S. The zero-order valence-electron chi connectivity index (χ0n) is 11.7. The van der Waals surface area contributed by atoms with Gasteiger partial charge >= 0.3 is 0 Å². The van der Waals surface area contributed by atoms with Crippen LogP contribution in [0.4, 0.5) is 0 Å². The largest absolute Gasteiger partial charge is 0.342 e. The molecule has 1 amide bonds. The van der Waals surface area contributed by atoms with Crippen LogP contribution in [0.2, 0.25) is 0 Å². The number of hydrogen-bond acceptors (Lipinski definition) is 4. The average molecular weight is 289 g/mol. The minimum absolute atomic E-state index is 0.147. The normalized spacial score (nSPS) is 22.4. The van der Waals surface area contributed by atoms with Crippen molar-refractivity contribution in [3.63, 3.8) is 0 Å². The number of rotatable bonds is 5. The predicted octanol–water partition coefficient (Wildman–Crippen LogP) is -0.425. The van der Waals surface area contributed by atoms with Crippen molar-refractivity contribution in [1.29, 1.82) is 0 Å². The van der Waals surface area contributed by atoms with Gasteiger partial charge in [-0.3, -0.25) is 9.69 Å². The van der Waals surface area contributed by atoms with E-state index in [2.05, 4.69) is 0 Å². The molecule has 2 aliphatic rings. The molecule has 1 heterocycles. The van der Waals surface area contributed by atoms with Crippen molar-refractivity contribution in [3.05, 3.63) is 0 Å². The van der Waals surface area contributed by atoms with Crippen molar-refractivity contribution in [2.45, 2.75) is 25.8 Å². The van der Waals surface area contributed by atoms with Crippen LogP contribution in [-0.4, -0.2) is 80.0 Å². The van der Waals surface area contributed by atoms with Crippen molar-refractivity contribution in [1.82, 2.24) is 14.1 Å². The van der Waals surface area contributed by atoms with Gasteiger partial charge in [0.05, 0.1) is 12.3 Å². The molecule has 0 aromatic carbocycles. The van der Waals surface area contributed by atoms with Gasteiger partial charge in [-0.2, -0.15) is 4.31 Å². The minimum atomic E-state index is -3.08. The maximum absolute atomic E-state index is 12.0. The smallest absolute Gasteiger partial charge is 0.236 e. The quantitative estimate of drug-likeness (QED) is 0.689. The van der Waals surface area contributed by atoms with E-state index in [1.807, 2.05) is 16.8 Å². The number of hydrogen-bond donors (Lipinski definition) is 0. The number of nitrogens with zero attached hydrogens (tertiary/aromatic N) is 3. The van der Waals surface area contributed by atoms with Gasteiger partial charge in [-0.15, -0.1) is 0 Å². The molecule has 1 saturated carbocycles. The van der Waals surface area contributed by atoms with Crippen molar-refractivity contribution in [3.8, 4) is 0 Å². The third kappa shape index (κ3) is 3.67. The highest BCUT2D eigenvalue weighted by Gasteiger charge is 2.31. The van der Waals surface area contributed by atoms with Crippen LogP contribution in [0.15, 0.2) is 0 Å². The van der Waals surface area contributed by atoms with Gasteiger partial charge in [0.2, 0.25) is 15.9 Å². The van der Waals surface area contributed by atoms with E-state index in [1.165, 1.54) is 4.31 Å². The Balaban J connectivity index is 1.78. The first kappa shape index (κ1) is 14.7. The fourth-order valence-electron chi connectivity index (χ4n) is 2.32. The fourth-order valence-corrected chi connectivity index (χ4v) is 3.40. The highest BCUT2D eigenvalue weighted by atomic mass is 32.2. The molecule has 0 spiro atoms. The summed E-state index contributed by atoms with van der Waals surface area (Å²) >= 11 is 0. The van der Waals surface area contributed by atoms with E-state index in [9.17, 15) is 13.2 Å². The van der Waals surface area contributed by atoms with Crippen LogP contribution in [0.3, 0.4) is 0 Å². The highest BCUT2D eigenvalue weighted by molar-refractivity contribution is 7.89. The van der Waals surface area contributed by atoms with Crippen LogP contribution in [0, 0.1) is 0 Å². The molecule has 0 bridgehead atoms. The Morgan fingerprint density at radius 1 is 1.21 bits per heavy atom. The van der Waals surface area contributed by atoms with Gasteiger partial charge in [-0.1, -0.05) is 0 Å². The summed E-state index contributed by atoms with van der Waals surface area (Å²) in [6, 6.07) is 0.439. The molecule has 0 aromatic rings. The van der Waals surface area contributed by atoms with Crippen molar-refractivity contribution < 1.29 is 13.2 Å². The lowest BCUT2D eigenvalue weighted by Crippen LogP contribution is -2.51. The maximum atomic E-state index is 12.0. The summed E-state index contributed by atoms with van der Waals surface area (Å²) in [7, 11) is -1.22. The van der Waals surface area contributed by atoms with Crippen molar-refractivity contribution >= 4 is 15.9 Å². The molecule has 1 aliphatic heterocycles. The third-order valence-electron chi connectivity index (χ3n) is 3.94. The number of sulfonamides is 1. The Bertz CT molecular complexity index is 426. The fraction of sp³-hybridized carbons (Fsp3) is 0.917. The van der Waals surface area contributed by atoms with Crippen LogP contribution in [0.1, 0.15) is 19.8 Å². The molecule has 0 N–H and O–H groups in total. The van der Waals surface area contributed by atoms with E-state index in [4.69, 9.17) is 0 Å². The van der Waals surface area contributed by atoms with Gasteiger partial charge in [-0.05, 0) is 19.8 Å². The first-order valence-corrected chi connectivity index (χ1v) is 8.51. The molecule has 0 unspecified atom stereocenters. The summed E-state index contributed by atoms with van der Waals surface area (Å²) in [6.07, 6.45) is 2.23. The molecule has 110 valence electrons. The molecule has 0 aromatic heterocycles. The zero-order chi connectivity index (χ0) is 14.0. The number of piperazine rings is 1. The van der Waals surface area contributed by atoms with E-state index in [0.29, 0.717) is 38.8 Å². The number of carbonyl (C=O) groups excluding carboxylic acids is 1. The lowest BCUT2D eigenvalue weighted by atomic mass is 10.3. The second kappa shape index (κ2) is 5.76. The lowest BCUT2D eigenvalue weighted by molar-refractivity contribution is -0.131. The van der Waals surface area contributed by atoms with Crippen molar-refractivity contribution in [2.75, 3.05) is 45.5 Å². The molecule has 19 heavy (non-hydrogen) atoms. The van der Waals surface area contributed by atoms with Crippen LogP contribution >= 0.6 is 0 Å². The molecule has 6 nitrogen and oxygen atoms in total. The lowest BCUT2D eigenvalue weighted by Gasteiger charge is -2.34. The third-order valence-corrected chi connectivity index (χ3v) is 5.82. The number of amides is 1. The summed E-state index contributed by atoms with van der Waals surface area (Å²) in [5, 5.41) is 0. The van der Waals surface area contributed by atoms with E-state index >= 15 is 0 Å². The molecule has 7 heteroatoms. The summed E-state index contributed by atoms with van der Waals surface area (Å²) in [6.45, 7) is 4.35. The van der Waals surface area contributed by atoms with Gasteiger partial charge in [0.1, 0.15) is 0 Å². The van der Waals surface area contributed by atoms with E-state index in [0.717, 1.165) is 12.8 Å². The van der Waals surface area contributed by atoms with Crippen LogP contribution in [-0.2, 0) is 14.8 Å². The number of carbonyl (C=O) groups is 1.